The van der Waals surface area contributed by atoms with Gasteiger partial charge in [-0.2, -0.15) is 0 Å². The zero-order valence-corrected chi connectivity index (χ0v) is 9.08. The highest BCUT2D eigenvalue weighted by atomic mass is 35.7. The van der Waals surface area contributed by atoms with E-state index in [1.54, 1.807) is 0 Å². The molecular formula is C4H10ClNO4S2. The van der Waals surface area contributed by atoms with Gasteiger partial charge in [0, 0.05) is 24.3 Å². The maximum absolute atomic E-state index is 10.7. The first kappa shape index (κ1) is 12.2. The van der Waals surface area contributed by atoms with E-state index in [1.165, 1.54) is 7.05 Å². The Bertz CT molecular complexity index is 332. The van der Waals surface area contributed by atoms with E-state index in [9.17, 15) is 16.8 Å². The molecule has 0 N–H and O–H groups in total. The normalized spacial score (nSPS) is 13.7. The van der Waals surface area contributed by atoms with Crippen LogP contribution in [0.4, 0.5) is 0 Å². The second-order valence-electron chi connectivity index (χ2n) is 2.33. The van der Waals surface area contributed by atoms with E-state index in [0.717, 1.165) is 10.6 Å². The highest BCUT2D eigenvalue weighted by Crippen LogP contribution is 1.99. The highest BCUT2D eigenvalue weighted by molar-refractivity contribution is 8.13. The van der Waals surface area contributed by atoms with Gasteiger partial charge in [0.2, 0.25) is 19.1 Å². The topological polar surface area (TPSA) is 71.5 Å². The van der Waals surface area contributed by atoms with Crippen molar-refractivity contribution >= 4 is 29.8 Å². The van der Waals surface area contributed by atoms with E-state index in [-0.39, 0.29) is 12.3 Å². The van der Waals surface area contributed by atoms with Gasteiger partial charge in [0.05, 0.1) is 12.0 Å². The van der Waals surface area contributed by atoms with Crippen LogP contribution in [0.3, 0.4) is 0 Å². The van der Waals surface area contributed by atoms with Crippen LogP contribution in [0.15, 0.2) is 0 Å². The van der Waals surface area contributed by atoms with Crippen LogP contribution in [0.25, 0.3) is 0 Å². The molecule has 0 heterocycles. The Morgan fingerprint density at radius 3 is 1.92 bits per heavy atom. The second-order valence-corrected chi connectivity index (χ2v) is 7.31. The smallest absolute Gasteiger partial charge is 0.213 e. The fraction of sp³-hybridized carbons (Fsp3) is 1.00. The summed E-state index contributed by atoms with van der Waals surface area (Å²) in [7, 11) is -0.761. The van der Waals surface area contributed by atoms with Crippen LogP contribution >= 0.6 is 10.7 Å². The van der Waals surface area contributed by atoms with Crippen LogP contribution in [-0.2, 0) is 19.1 Å². The van der Waals surface area contributed by atoms with Crippen molar-refractivity contribution < 1.29 is 16.8 Å². The predicted molar refractivity (Wildman–Crippen MR) is 47.1 cm³/mol. The van der Waals surface area contributed by atoms with Crippen LogP contribution in [0.1, 0.15) is 0 Å². The third-order valence-electron chi connectivity index (χ3n) is 1.22. The molecule has 74 valence electrons. The lowest BCUT2D eigenvalue weighted by Crippen LogP contribution is -2.29. The fourth-order valence-corrected chi connectivity index (χ4v) is 1.64. The fourth-order valence-electron chi connectivity index (χ4n) is 0.403. The number of halogens is 1. The van der Waals surface area contributed by atoms with Gasteiger partial charge in [-0.25, -0.2) is 21.1 Å². The van der Waals surface area contributed by atoms with Crippen molar-refractivity contribution in [3.63, 3.8) is 0 Å². The molecule has 0 radical (unpaired) electrons. The molecule has 0 aromatic carbocycles. The van der Waals surface area contributed by atoms with Crippen molar-refractivity contribution in [3.05, 3.63) is 0 Å². The maximum Gasteiger partial charge on any atom is 0.233 e. The number of sulfonamides is 1. The average Bonchev–Trinajstić information content (AvgIpc) is 1.78. The molecule has 0 aliphatic rings. The van der Waals surface area contributed by atoms with Gasteiger partial charge >= 0.3 is 0 Å². The van der Waals surface area contributed by atoms with Gasteiger partial charge in [0.25, 0.3) is 0 Å². The summed E-state index contributed by atoms with van der Waals surface area (Å²) in [5.41, 5.74) is 0. The average molecular weight is 236 g/mol. The largest absolute Gasteiger partial charge is 0.233 e. The quantitative estimate of drug-likeness (QED) is 0.613. The lowest BCUT2D eigenvalue weighted by atomic mass is 10.8. The van der Waals surface area contributed by atoms with E-state index in [0.29, 0.717) is 0 Å². The predicted octanol–water partition coefficient (Wildman–Crippen LogP) is -0.554. The molecule has 0 aliphatic carbocycles. The number of rotatable bonds is 4. The molecular weight excluding hydrogens is 226 g/mol. The molecule has 0 atom stereocenters. The molecule has 0 fully saturated rings. The molecule has 0 aromatic rings. The Hall–Kier alpha value is 0.150. The first-order valence-corrected chi connectivity index (χ1v) is 7.29. The Morgan fingerprint density at radius 1 is 1.25 bits per heavy atom. The zero-order valence-electron chi connectivity index (χ0n) is 6.69. The number of hydrogen-bond donors (Lipinski definition) is 0. The Labute approximate surface area is 76.8 Å². The van der Waals surface area contributed by atoms with Crippen LogP contribution in [0.2, 0.25) is 0 Å². The van der Waals surface area contributed by atoms with Crippen molar-refractivity contribution in [2.75, 3.05) is 25.6 Å². The summed E-state index contributed by atoms with van der Waals surface area (Å²) < 4.78 is 43.2. The summed E-state index contributed by atoms with van der Waals surface area (Å²) in [6, 6.07) is 0. The summed E-state index contributed by atoms with van der Waals surface area (Å²) >= 11 is 0. The van der Waals surface area contributed by atoms with E-state index >= 15 is 0 Å². The van der Waals surface area contributed by atoms with E-state index in [1.807, 2.05) is 0 Å². The first-order valence-electron chi connectivity index (χ1n) is 2.96. The van der Waals surface area contributed by atoms with E-state index in [4.69, 9.17) is 10.7 Å². The van der Waals surface area contributed by atoms with Crippen molar-refractivity contribution in [2.45, 2.75) is 0 Å². The van der Waals surface area contributed by atoms with Crippen LogP contribution < -0.4 is 0 Å². The molecule has 0 rings (SSSR count). The number of hydrogen-bond acceptors (Lipinski definition) is 4. The van der Waals surface area contributed by atoms with Crippen molar-refractivity contribution in [3.8, 4) is 0 Å². The van der Waals surface area contributed by atoms with Gasteiger partial charge in [0.1, 0.15) is 0 Å². The molecule has 0 bridgehead atoms. The SMILES string of the molecule is CN(CCS(=O)(=O)Cl)S(C)(=O)=O. The second kappa shape index (κ2) is 3.91. The molecule has 0 aromatic heterocycles. The van der Waals surface area contributed by atoms with Gasteiger partial charge < -0.3 is 0 Å². The van der Waals surface area contributed by atoms with Gasteiger partial charge in [-0.15, -0.1) is 0 Å². The standard InChI is InChI=1S/C4H10ClNO4S2/c1-6(11(2,7)8)3-4-12(5,9)10/h3-4H2,1-2H3. The lowest BCUT2D eigenvalue weighted by molar-refractivity contribution is 0.491. The molecule has 8 heteroatoms. The molecule has 5 nitrogen and oxygen atoms in total. The molecule has 0 spiro atoms. The van der Waals surface area contributed by atoms with Gasteiger partial charge in [-0.05, 0) is 0 Å². The summed E-state index contributed by atoms with van der Waals surface area (Å²) in [6.45, 7) is -0.120. The summed E-state index contributed by atoms with van der Waals surface area (Å²) in [5, 5.41) is 0. The lowest BCUT2D eigenvalue weighted by Gasteiger charge is -2.11. The van der Waals surface area contributed by atoms with Gasteiger partial charge in [0.15, 0.2) is 0 Å². The highest BCUT2D eigenvalue weighted by Gasteiger charge is 2.14. The molecule has 0 saturated carbocycles. The Morgan fingerprint density at radius 2 is 1.67 bits per heavy atom. The van der Waals surface area contributed by atoms with Crippen LogP contribution in [0, 0.1) is 0 Å². The third kappa shape index (κ3) is 5.76. The molecule has 0 aliphatic heterocycles. The van der Waals surface area contributed by atoms with Crippen molar-refractivity contribution in [1.82, 2.24) is 4.31 Å². The minimum absolute atomic E-state index is 0.120. The van der Waals surface area contributed by atoms with E-state index in [2.05, 4.69) is 0 Å². The molecule has 0 saturated heterocycles. The monoisotopic (exact) mass is 235 g/mol. The summed E-state index contributed by atoms with van der Waals surface area (Å²) in [6.07, 6.45) is 0.994. The number of nitrogens with zero attached hydrogens (tertiary/aromatic N) is 1. The minimum Gasteiger partial charge on any atom is -0.213 e. The Balaban J connectivity index is 4.16. The molecule has 12 heavy (non-hydrogen) atoms. The summed E-state index contributed by atoms with van der Waals surface area (Å²) in [5.74, 6) is -0.377. The molecule has 0 unspecified atom stereocenters. The van der Waals surface area contributed by atoms with Crippen LogP contribution in [0.5, 0.6) is 0 Å². The first-order chi connectivity index (χ1) is 5.13. The zero-order chi connectivity index (χ0) is 9.99. The Kier molecular flexibility index (Phi) is 3.95. The maximum atomic E-state index is 10.7. The summed E-state index contributed by atoms with van der Waals surface area (Å²) in [4.78, 5) is 0. The molecule has 0 amide bonds. The third-order valence-corrected chi connectivity index (χ3v) is 3.66. The van der Waals surface area contributed by atoms with Crippen molar-refractivity contribution in [2.24, 2.45) is 0 Å². The van der Waals surface area contributed by atoms with Crippen LogP contribution in [-0.4, -0.2) is 46.7 Å². The van der Waals surface area contributed by atoms with Crippen molar-refractivity contribution in [1.29, 1.82) is 0 Å². The van der Waals surface area contributed by atoms with Gasteiger partial charge in [-0.3, -0.25) is 0 Å². The van der Waals surface area contributed by atoms with Gasteiger partial charge in [-0.1, -0.05) is 0 Å². The minimum atomic E-state index is -3.61. The van der Waals surface area contributed by atoms with E-state index < -0.39 is 19.1 Å².